The smallest absolute Gasteiger partial charge is 0.123 e. The van der Waals surface area contributed by atoms with Gasteiger partial charge in [0.2, 0.25) is 0 Å². The Labute approximate surface area is 116 Å². The van der Waals surface area contributed by atoms with E-state index in [-0.39, 0.29) is 5.82 Å². The number of halogens is 1. The normalized spacial score (nSPS) is 11.4. The van der Waals surface area contributed by atoms with Crippen molar-refractivity contribution < 1.29 is 4.39 Å². The van der Waals surface area contributed by atoms with E-state index in [1.807, 2.05) is 37.3 Å². The Kier molecular flexibility index (Phi) is 4.53. The molecule has 0 radical (unpaired) electrons. The summed E-state index contributed by atoms with van der Waals surface area (Å²) in [7, 11) is 0. The standard InChI is InChI=1S/C16H14FNS/c1-12(2)16(18-14-6-4-3-5-7-14)19-15-10-8-13(17)9-11-15/h3-11H,1H2,2H3. The lowest BCUT2D eigenvalue weighted by Crippen LogP contribution is -1.92. The number of nitrogens with zero attached hydrogens (tertiary/aromatic N) is 1. The second-order valence-corrected chi connectivity index (χ2v) is 5.15. The highest BCUT2D eigenvalue weighted by molar-refractivity contribution is 8.14. The molecule has 0 spiro atoms. The molecule has 0 atom stereocenters. The molecule has 0 aliphatic heterocycles. The fraction of sp³-hybridized carbons (Fsp3) is 0.0625. The molecule has 0 amide bonds. The molecular formula is C16H14FNS. The van der Waals surface area contributed by atoms with Crippen LogP contribution in [0.15, 0.2) is 76.6 Å². The Morgan fingerprint density at radius 2 is 1.68 bits per heavy atom. The van der Waals surface area contributed by atoms with E-state index in [4.69, 9.17) is 0 Å². The van der Waals surface area contributed by atoms with Crippen LogP contribution >= 0.6 is 11.8 Å². The summed E-state index contributed by atoms with van der Waals surface area (Å²) in [6, 6.07) is 16.1. The van der Waals surface area contributed by atoms with Gasteiger partial charge < -0.3 is 0 Å². The molecule has 1 nitrogen and oxygen atoms in total. The first-order chi connectivity index (χ1) is 9.15. The number of rotatable bonds is 3. The predicted molar refractivity (Wildman–Crippen MR) is 80.6 cm³/mol. The monoisotopic (exact) mass is 271 g/mol. The Morgan fingerprint density at radius 1 is 1.05 bits per heavy atom. The van der Waals surface area contributed by atoms with Crippen LogP contribution < -0.4 is 0 Å². The lowest BCUT2D eigenvalue weighted by Gasteiger charge is -2.06. The predicted octanol–water partition coefficient (Wildman–Crippen LogP) is 5.22. The minimum Gasteiger partial charge on any atom is -0.242 e. The topological polar surface area (TPSA) is 12.4 Å². The summed E-state index contributed by atoms with van der Waals surface area (Å²) in [6.45, 7) is 5.85. The molecule has 19 heavy (non-hydrogen) atoms. The zero-order chi connectivity index (χ0) is 13.7. The first kappa shape index (κ1) is 13.6. The zero-order valence-corrected chi connectivity index (χ0v) is 11.5. The van der Waals surface area contributed by atoms with Gasteiger partial charge in [-0.05, 0) is 48.9 Å². The molecule has 0 saturated carbocycles. The summed E-state index contributed by atoms with van der Waals surface area (Å²) >= 11 is 1.48. The van der Waals surface area contributed by atoms with E-state index in [9.17, 15) is 4.39 Å². The Balaban J connectivity index is 2.24. The average Bonchev–Trinajstić information content (AvgIpc) is 2.41. The van der Waals surface area contributed by atoms with Gasteiger partial charge in [-0.25, -0.2) is 9.38 Å². The number of hydrogen-bond acceptors (Lipinski definition) is 2. The van der Waals surface area contributed by atoms with Crippen molar-refractivity contribution in [2.24, 2.45) is 4.99 Å². The molecule has 0 aromatic heterocycles. The molecule has 0 heterocycles. The van der Waals surface area contributed by atoms with Gasteiger partial charge in [-0.3, -0.25) is 0 Å². The summed E-state index contributed by atoms with van der Waals surface area (Å²) in [5.74, 6) is -0.235. The van der Waals surface area contributed by atoms with Crippen LogP contribution in [0.25, 0.3) is 0 Å². The van der Waals surface area contributed by atoms with E-state index in [0.29, 0.717) is 0 Å². The summed E-state index contributed by atoms with van der Waals surface area (Å²) in [4.78, 5) is 5.51. The van der Waals surface area contributed by atoms with Crippen molar-refractivity contribution in [3.8, 4) is 0 Å². The summed E-state index contributed by atoms with van der Waals surface area (Å²) in [5, 5.41) is 0.831. The maximum absolute atomic E-state index is 12.9. The largest absolute Gasteiger partial charge is 0.242 e. The van der Waals surface area contributed by atoms with Gasteiger partial charge in [0.25, 0.3) is 0 Å². The highest BCUT2D eigenvalue weighted by Gasteiger charge is 2.04. The molecule has 0 N–H and O–H groups in total. The van der Waals surface area contributed by atoms with Crippen molar-refractivity contribution in [1.29, 1.82) is 0 Å². The molecule has 0 aliphatic rings. The molecule has 96 valence electrons. The maximum Gasteiger partial charge on any atom is 0.123 e. The molecule has 2 rings (SSSR count). The maximum atomic E-state index is 12.9. The fourth-order valence-electron chi connectivity index (χ4n) is 1.44. The average molecular weight is 271 g/mol. The summed E-state index contributed by atoms with van der Waals surface area (Å²) in [5.41, 5.74) is 1.77. The van der Waals surface area contributed by atoms with Crippen molar-refractivity contribution in [2.45, 2.75) is 11.8 Å². The van der Waals surface area contributed by atoms with Crippen LogP contribution in [0.1, 0.15) is 6.92 Å². The van der Waals surface area contributed by atoms with Crippen molar-refractivity contribution >= 4 is 22.5 Å². The van der Waals surface area contributed by atoms with Gasteiger partial charge in [-0.2, -0.15) is 0 Å². The van der Waals surface area contributed by atoms with Crippen LogP contribution in [0.3, 0.4) is 0 Å². The van der Waals surface area contributed by atoms with Crippen molar-refractivity contribution in [1.82, 2.24) is 0 Å². The number of thioether (sulfide) groups is 1. The van der Waals surface area contributed by atoms with Gasteiger partial charge in [0, 0.05) is 4.90 Å². The third kappa shape index (κ3) is 4.07. The second-order valence-electron chi connectivity index (χ2n) is 4.09. The van der Waals surface area contributed by atoms with E-state index >= 15 is 0 Å². The first-order valence-corrected chi connectivity index (χ1v) is 6.70. The molecule has 2 aromatic rings. The van der Waals surface area contributed by atoms with Crippen molar-refractivity contribution in [2.75, 3.05) is 0 Å². The summed E-state index contributed by atoms with van der Waals surface area (Å²) < 4.78 is 12.9. The van der Waals surface area contributed by atoms with Crippen LogP contribution in [-0.4, -0.2) is 5.04 Å². The van der Waals surface area contributed by atoms with Crippen LogP contribution in [0.2, 0.25) is 0 Å². The van der Waals surface area contributed by atoms with E-state index in [1.165, 1.54) is 23.9 Å². The molecule has 0 bridgehead atoms. The van der Waals surface area contributed by atoms with E-state index < -0.39 is 0 Å². The molecule has 0 saturated heterocycles. The van der Waals surface area contributed by atoms with E-state index in [1.54, 1.807) is 12.1 Å². The molecule has 0 aliphatic carbocycles. The van der Waals surface area contributed by atoms with Crippen LogP contribution in [0.4, 0.5) is 10.1 Å². The molecule has 0 unspecified atom stereocenters. The number of aliphatic imine (C=N–C) groups is 1. The number of para-hydroxylation sites is 1. The van der Waals surface area contributed by atoms with Crippen molar-refractivity contribution in [3.63, 3.8) is 0 Å². The SMILES string of the molecule is C=C(C)C(=Nc1ccccc1)Sc1ccc(F)cc1. The fourth-order valence-corrected chi connectivity index (χ4v) is 2.26. The van der Waals surface area contributed by atoms with Gasteiger partial charge in [0.05, 0.1) is 5.69 Å². The zero-order valence-electron chi connectivity index (χ0n) is 10.6. The van der Waals surface area contributed by atoms with E-state index in [0.717, 1.165) is 21.2 Å². The molecule has 0 fully saturated rings. The number of hydrogen-bond donors (Lipinski definition) is 0. The van der Waals surface area contributed by atoms with Crippen LogP contribution in [0, 0.1) is 5.82 Å². The van der Waals surface area contributed by atoms with Gasteiger partial charge in [-0.15, -0.1) is 0 Å². The first-order valence-electron chi connectivity index (χ1n) is 5.88. The van der Waals surface area contributed by atoms with E-state index in [2.05, 4.69) is 11.6 Å². The third-order valence-electron chi connectivity index (χ3n) is 2.38. The highest BCUT2D eigenvalue weighted by atomic mass is 32.2. The third-order valence-corrected chi connectivity index (χ3v) is 3.52. The lowest BCUT2D eigenvalue weighted by atomic mass is 10.3. The van der Waals surface area contributed by atoms with Gasteiger partial charge in [0.1, 0.15) is 10.9 Å². The van der Waals surface area contributed by atoms with Crippen molar-refractivity contribution in [3.05, 3.63) is 72.6 Å². The van der Waals surface area contributed by atoms with Crippen LogP contribution in [-0.2, 0) is 0 Å². The van der Waals surface area contributed by atoms with Gasteiger partial charge >= 0.3 is 0 Å². The number of benzene rings is 2. The minimum atomic E-state index is -0.235. The summed E-state index contributed by atoms with van der Waals surface area (Å²) in [6.07, 6.45) is 0. The second kappa shape index (κ2) is 6.34. The molecule has 3 heteroatoms. The highest BCUT2D eigenvalue weighted by Crippen LogP contribution is 2.25. The molecule has 2 aromatic carbocycles. The quantitative estimate of drug-likeness (QED) is 0.423. The van der Waals surface area contributed by atoms with Gasteiger partial charge in [0.15, 0.2) is 0 Å². The Morgan fingerprint density at radius 3 is 2.26 bits per heavy atom. The Hall–Kier alpha value is -1.87. The van der Waals surface area contributed by atoms with Crippen LogP contribution in [0.5, 0.6) is 0 Å². The van der Waals surface area contributed by atoms with Gasteiger partial charge in [-0.1, -0.05) is 36.5 Å². The minimum absolute atomic E-state index is 0.235. The Bertz CT molecular complexity index is 588. The lowest BCUT2D eigenvalue weighted by molar-refractivity contribution is 0.626. The molecular weight excluding hydrogens is 257 g/mol.